The van der Waals surface area contributed by atoms with Gasteiger partial charge in [0.1, 0.15) is 11.5 Å². The maximum absolute atomic E-state index is 11.1. The van der Waals surface area contributed by atoms with Crippen molar-refractivity contribution in [2.75, 3.05) is 0 Å². The van der Waals surface area contributed by atoms with Crippen LogP contribution in [0.1, 0.15) is 0 Å². The van der Waals surface area contributed by atoms with Crippen molar-refractivity contribution in [2.24, 2.45) is 13.5 Å². The summed E-state index contributed by atoms with van der Waals surface area (Å²) < 4.78 is 22.1. The number of nitrogens with zero attached hydrogens (tertiary/aromatic N) is 3. The van der Waals surface area contributed by atoms with E-state index in [1.807, 2.05) is 0 Å². The second-order valence-electron chi connectivity index (χ2n) is 3.84. The minimum absolute atomic E-state index is 0.294. The van der Waals surface area contributed by atoms with Crippen LogP contribution in [0.4, 0.5) is 0 Å². The predicted molar refractivity (Wildman–Crippen MR) is 100 cm³/mol. The Morgan fingerprint density at radius 3 is 2.00 bits per heavy atom. The quantitative estimate of drug-likeness (QED) is 0.191. The number of carbonyl (C=O) groups is 1. The van der Waals surface area contributed by atoms with Crippen LogP contribution in [0.3, 0.4) is 0 Å². The van der Waals surface area contributed by atoms with Crippen molar-refractivity contribution in [3.05, 3.63) is 36.9 Å². The summed E-state index contributed by atoms with van der Waals surface area (Å²) in [6.45, 7) is -0.00307. The highest BCUT2D eigenvalue weighted by atomic mass is 35.9. The molecule has 0 spiro atoms. The summed E-state index contributed by atoms with van der Waals surface area (Å²) in [5, 5.41) is 0. The second kappa shape index (κ2) is 7.32. The minimum atomic E-state index is -3.30. The normalized spacial score (nSPS) is 24.4. The molecule has 0 radical (unpaired) electrons. The van der Waals surface area contributed by atoms with Crippen LogP contribution < -0.4 is 9.26 Å². The van der Waals surface area contributed by atoms with Crippen molar-refractivity contribution in [3.8, 4) is 11.5 Å². The Balaban J connectivity index is 2.27. The summed E-state index contributed by atoms with van der Waals surface area (Å²) in [4.78, 5) is 11.1. The van der Waals surface area contributed by atoms with Crippen LogP contribution in [0.2, 0.25) is 0 Å². The highest BCUT2D eigenvalue weighted by Gasteiger charge is 2.34. The maximum Gasteiger partial charge on any atom is 0.350 e. The molecule has 14 heteroatoms. The zero-order valence-electron chi connectivity index (χ0n) is 10.9. The molecule has 0 aliphatic carbocycles. The fourth-order valence-corrected chi connectivity index (χ4v) is 17.9. The van der Waals surface area contributed by atoms with Gasteiger partial charge in [-0.25, -0.2) is 4.79 Å². The number of benzene rings is 1. The van der Waals surface area contributed by atoms with Crippen LogP contribution in [-0.2, 0) is 4.79 Å². The number of halogens is 5. The molecule has 0 saturated heterocycles. The molecular weight excluding hydrogens is 468 g/mol. The van der Waals surface area contributed by atoms with E-state index in [9.17, 15) is 4.79 Å². The molecule has 0 aromatic heterocycles. The number of hydrogen-bond donors (Lipinski definition) is 0. The van der Waals surface area contributed by atoms with E-state index >= 15 is 0 Å². The molecule has 1 aliphatic rings. The summed E-state index contributed by atoms with van der Waals surface area (Å²) in [6.07, 6.45) is 1.04. The van der Waals surface area contributed by atoms with Crippen LogP contribution >= 0.6 is 74.8 Å². The van der Waals surface area contributed by atoms with E-state index in [1.54, 1.807) is 0 Å². The molecule has 0 saturated carbocycles. The molecule has 1 aliphatic heterocycles. The lowest BCUT2D eigenvalue weighted by Crippen LogP contribution is -2.02. The number of hydrogen-bond acceptors (Lipinski definition) is 6. The number of esters is 1. The zero-order valence-corrected chi connectivity index (χ0v) is 17.4. The molecule has 1 heterocycles. The minimum Gasteiger partial charge on any atom is -0.431 e. The third-order valence-corrected chi connectivity index (χ3v) is 14.0. The first-order valence-electron chi connectivity index (χ1n) is 5.56. The van der Waals surface area contributed by atoms with Crippen molar-refractivity contribution < 1.29 is 14.1 Å². The van der Waals surface area contributed by atoms with Gasteiger partial charge in [-0.1, -0.05) is 6.58 Å². The molecule has 0 amide bonds. The topological polar surface area (TPSA) is 72.6 Å². The SMILES string of the molecule is C=CC(=O)Oc1ccc(OP2(Cl)=NP(Cl)(Cl)=NP(Cl)(Cl)=N2)cc1. The van der Waals surface area contributed by atoms with E-state index in [1.165, 1.54) is 24.3 Å². The van der Waals surface area contributed by atoms with Gasteiger partial charge in [0.2, 0.25) is 0 Å². The highest BCUT2D eigenvalue weighted by molar-refractivity contribution is 8.22. The van der Waals surface area contributed by atoms with Gasteiger partial charge < -0.3 is 9.26 Å². The van der Waals surface area contributed by atoms with Gasteiger partial charge in [0.25, 0.3) is 11.8 Å². The molecule has 126 valence electrons. The highest BCUT2D eigenvalue weighted by Crippen LogP contribution is 2.86. The van der Waals surface area contributed by atoms with E-state index in [0.717, 1.165) is 6.08 Å². The Bertz CT molecular complexity index is 806. The third kappa shape index (κ3) is 5.99. The van der Waals surface area contributed by atoms with Crippen LogP contribution in [0, 0.1) is 0 Å². The maximum atomic E-state index is 11.1. The fourth-order valence-electron chi connectivity index (χ4n) is 1.35. The standard InChI is InChI=1S/C9H7Cl5N3O3P3/c1-2-9(18)19-7-3-5-8(6-4-7)20-23(14)16-21(10,11)15-22(12,13)17-23/h2-6H,1H2. The molecule has 1 aromatic carbocycles. The van der Waals surface area contributed by atoms with Gasteiger partial charge in [0, 0.05) is 6.08 Å². The molecule has 6 nitrogen and oxygen atoms in total. The fraction of sp³-hybridized carbons (Fsp3) is 0. The summed E-state index contributed by atoms with van der Waals surface area (Å²) >= 11 is 30.0. The Kier molecular flexibility index (Phi) is 6.26. The molecule has 0 N–H and O–H groups in total. The van der Waals surface area contributed by atoms with Gasteiger partial charge in [0.05, 0.1) is 0 Å². The molecule has 0 bridgehead atoms. The van der Waals surface area contributed by atoms with Crippen molar-refractivity contribution >= 4 is 80.8 Å². The van der Waals surface area contributed by atoms with E-state index in [4.69, 9.17) is 65.5 Å². The van der Waals surface area contributed by atoms with E-state index in [0.29, 0.717) is 11.5 Å². The van der Waals surface area contributed by atoms with Gasteiger partial charge in [-0.3, -0.25) is 0 Å². The molecule has 0 fully saturated rings. The number of carbonyl (C=O) groups excluding carboxylic acids is 1. The van der Waals surface area contributed by atoms with Gasteiger partial charge >= 0.3 is 12.8 Å². The largest absolute Gasteiger partial charge is 0.431 e. The van der Waals surface area contributed by atoms with Crippen molar-refractivity contribution in [1.29, 1.82) is 0 Å². The average Bonchev–Trinajstić information content (AvgIpc) is 2.36. The van der Waals surface area contributed by atoms with E-state index in [2.05, 4.69) is 20.1 Å². The Morgan fingerprint density at radius 2 is 1.48 bits per heavy atom. The molecule has 23 heavy (non-hydrogen) atoms. The van der Waals surface area contributed by atoms with Crippen molar-refractivity contribution in [1.82, 2.24) is 0 Å². The first-order valence-corrected chi connectivity index (χ1v) is 15.1. The van der Waals surface area contributed by atoms with Crippen LogP contribution in [0.5, 0.6) is 11.5 Å². The summed E-state index contributed by atoms with van der Waals surface area (Å²) in [5.74, 6) is -6.30. The van der Waals surface area contributed by atoms with Crippen molar-refractivity contribution in [3.63, 3.8) is 0 Å². The predicted octanol–water partition coefficient (Wildman–Crippen LogP) is 8.20. The van der Waals surface area contributed by atoms with Gasteiger partial charge in [-0.05, 0) is 80.5 Å². The van der Waals surface area contributed by atoms with Gasteiger partial charge in [-0.15, -0.1) is 0 Å². The Morgan fingerprint density at radius 1 is 0.957 bits per heavy atom. The molecule has 1 atom stereocenters. The first-order chi connectivity index (χ1) is 10.5. The lowest BCUT2D eigenvalue weighted by atomic mass is 10.3. The average molecular weight is 475 g/mol. The first kappa shape index (κ1) is 19.7. The molecule has 2 rings (SSSR count). The number of rotatable bonds is 4. The van der Waals surface area contributed by atoms with E-state index in [-0.39, 0.29) is 0 Å². The molecule has 1 unspecified atom stereocenters. The van der Waals surface area contributed by atoms with Gasteiger partial charge in [0.15, 0.2) is 0 Å². The third-order valence-electron chi connectivity index (χ3n) is 2.08. The zero-order chi connectivity index (χ0) is 17.3. The number of ether oxygens (including phenoxy) is 1. The van der Waals surface area contributed by atoms with Gasteiger partial charge in [-0.2, -0.15) is 13.5 Å². The monoisotopic (exact) mass is 473 g/mol. The summed E-state index contributed by atoms with van der Waals surface area (Å²) in [7, 11) is 0. The lowest BCUT2D eigenvalue weighted by molar-refractivity contribution is -0.128. The van der Waals surface area contributed by atoms with Crippen LogP contribution in [0.25, 0.3) is 0 Å². The van der Waals surface area contributed by atoms with Crippen LogP contribution in [0.15, 0.2) is 50.5 Å². The van der Waals surface area contributed by atoms with E-state index < -0.39 is 24.6 Å². The van der Waals surface area contributed by atoms with Crippen LogP contribution in [-0.4, -0.2) is 5.97 Å². The lowest BCUT2D eigenvalue weighted by Gasteiger charge is -2.21. The summed E-state index contributed by atoms with van der Waals surface area (Å²) in [5.41, 5.74) is 0. The Hall–Kier alpha value is 0.370. The summed E-state index contributed by atoms with van der Waals surface area (Å²) in [6, 6.07) is 5.97. The smallest absolute Gasteiger partial charge is 0.350 e. The Labute approximate surface area is 156 Å². The second-order valence-corrected chi connectivity index (χ2v) is 17.0. The molecule has 1 aromatic rings. The van der Waals surface area contributed by atoms with Crippen molar-refractivity contribution in [2.45, 2.75) is 0 Å². The molecular formula is C9H7Cl5N3O3P3.